The van der Waals surface area contributed by atoms with Crippen molar-refractivity contribution >= 4 is 40.1 Å². The number of thiophene rings is 1. The van der Waals surface area contributed by atoms with E-state index in [2.05, 4.69) is 48.6 Å². The lowest BCUT2D eigenvalue weighted by Crippen LogP contribution is -2.47. The van der Waals surface area contributed by atoms with Crippen molar-refractivity contribution in [1.29, 1.82) is 5.26 Å². The number of imidazole rings is 1. The molecule has 0 saturated carbocycles. The van der Waals surface area contributed by atoms with Gasteiger partial charge in [0.15, 0.2) is 12.2 Å². The van der Waals surface area contributed by atoms with Crippen LogP contribution >= 0.6 is 11.3 Å². The second kappa shape index (κ2) is 13.0. The highest BCUT2D eigenvalue weighted by atomic mass is 32.1. The Balaban J connectivity index is 1.65. The number of hydrogen-bond donors (Lipinski definition) is 3. The van der Waals surface area contributed by atoms with E-state index in [-0.39, 0.29) is 28.9 Å². The molecule has 4 aromatic rings. The summed E-state index contributed by atoms with van der Waals surface area (Å²) < 4.78 is 7.28. The van der Waals surface area contributed by atoms with Crippen LogP contribution < -0.4 is 16.0 Å². The third-order valence-electron chi connectivity index (χ3n) is 7.40. The van der Waals surface area contributed by atoms with Gasteiger partial charge < -0.3 is 19.6 Å². The number of carbonyl (C=O) groups excluding carboxylic acids is 2. The monoisotopic (exact) mass is 629 g/mol. The average molecular weight is 630 g/mol. The molecular formula is C34H43N7O3S. The van der Waals surface area contributed by atoms with Gasteiger partial charge in [0.1, 0.15) is 11.6 Å². The molecule has 1 aromatic carbocycles. The molecule has 238 valence electrons. The Kier molecular flexibility index (Phi) is 9.71. The van der Waals surface area contributed by atoms with Crippen molar-refractivity contribution in [1.82, 2.24) is 25.2 Å². The fraction of sp³-hybridized carbons (Fsp3) is 0.441. The van der Waals surface area contributed by atoms with Gasteiger partial charge in [-0.05, 0) is 61.4 Å². The van der Waals surface area contributed by atoms with Crippen LogP contribution in [0.1, 0.15) is 77.5 Å². The first kappa shape index (κ1) is 33.6. The summed E-state index contributed by atoms with van der Waals surface area (Å²) in [6.45, 7) is 19.3. The Morgan fingerprint density at radius 3 is 2.47 bits per heavy atom. The summed E-state index contributed by atoms with van der Waals surface area (Å²) in [7, 11) is 0. The molecule has 4 rings (SSSR count). The number of nitrogens with zero attached hydrogens (tertiary/aromatic N) is 4. The van der Waals surface area contributed by atoms with Crippen molar-refractivity contribution in [3.8, 4) is 16.7 Å². The molecule has 0 bridgehead atoms. The van der Waals surface area contributed by atoms with E-state index in [1.807, 2.05) is 69.5 Å². The fourth-order valence-corrected chi connectivity index (χ4v) is 5.46. The van der Waals surface area contributed by atoms with Crippen LogP contribution in [0.5, 0.6) is 0 Å². The van der Waals surface area contributed by atoms with E-state index >= 15 is 0 Å². The highest BCUT2D eigenvalue weighted by Crippen LogP contribution is 2.30. The van der Waals surface area contributed by atoms with Crippen LogP contribution in [0, 0.1) is 22.2 Å². The van der Waals surface area contributed by atoms with Gasteiger partial charge in [0.05, 0.1) is 32.5 Å². The first-order valence-electron chi connectivity index (χ1n) is 14.9. The predicted octanol–water partition coefficient (Wildman–Crippen LogP) is 6.92. The molecule has 11 heteroatoms. The number of nitriles is 1. The van der Waals surface area contributed by atoms with Crippen molar-refractivity contribution in [2.75, 3.05) is 5.32 Å². The minimum atomic E-state index is -0.803. The lowest BCUT2D eigenvalue weighted by Gasteiger charge is -2.28. The summed E-state index contributed by atoms with van der Waals surface area (Å²) in [4.78, 5) is 36.6. The lowest BCUT2D eigenvalue weighted by atomic mass is 9.88. The van der Waals surface area contributed by atoms with E-state index in [0.717, 1.165) is 16.0 Å². The molecule has 0 aliphatic heterocycles. The van der Waals surface area contributed by atoms with Crippen LogP contribution in [0.4, 0.5) is 5.95 Å². The molecule has 0 radical (unpaired) electrons. The van der Waals surface area contributed by atoms with Gasteiger partial charge in [-0.25, -0.2) is 9.97 Å². The molecule has 2 amide bonds. The van der Waals surface area contributed by atoms with Gasteiger partial charge in [0, 0.05) is 19.1 Å². The predicted molar refractivity (Wildman–Crippen MR) is 179 cm³/mol. The van der Waals surface area contributed by atoms with E-state index in [1.165, 1.54) is 17.7 Å². The second-order valence-corrected chi connectivity index (χ2v) is 15.3. The first-order chi connectivity index (χ1) is 21.0. The number of fused-ring (bicyclic) bond motifs is 1. The number of rotatable bonds is 10. The maximum Gasteiger partial charge on any atom is 0.268 e. The molecule has 0 fully saturated rings. The van der Waals surface area contributed by atoms with E-state index in [9.17, 15) is 14.9 Å². The Morgan fingerprint density at radius 1 is 1.11 bits per heavy atom. The molecule has 0 saturated heterocycles. The maximum atomic E-state index is 13.4. The van der Waals surface area contributed by atoms with Gasteiger partial charge in [0.25, 0.3) is 11.8 Å². The molecule has 0 aliphatic carbocycles. The topological polar surface area (TPSA) is 138 Å². The number of amides is 2. The number of benzene rings is 1. The molecule has 3 aromatic heterocycles. The molecule has 1 atom stereocenters. The van der Waals surface area contributed by atoms with Gasteiger partial charge in [0.2, 0.25) is 5.95 Å². The largest absolute Gasteiger partial charge is 0.443 e. The molecule has 0 unspecified atom stereocenters. The molecule has 0 spiro atoms. The van der Waals surface area contributed by atoms with Gasteiger partial charge >= 0.3 is 0 Å². The van der Waals surface area contributed by atoms with Crippen LogP contribution in [0.15, 0.2) is 59.0 Å². The van der Waals surface area contributed by atoms with Crippen molar-refractivity contribution < 1.29 is 14.0 Å². The van der Waals surface area contributed by atoms with Crippen molar-refractivity contribution in [2.45, 2.75) is 87.0 Å². The number of anilines is 1. The SMILES string of the molecule is C[C@H](NCc1ccc2c(c1)nc(NC(=O)c1ccc(-c3cnco3)s1)n2CC(C)(C)NC(=O)C(C#N)=CC(C)(C)C)C(C)(C)C. The van der Waals surface area contributed by atoms with Crippen LogP contribution in [0.2, 0.25) is 0 Å². The molecule has 0 aliphatic rings. The summed E-state index contributed by atoms with van der Waals surface area (Å²) in [6.07, 6.45) is 4.62. The summed E-state index contributed by atoms with van der Waals surface area (Å²) in [5.41, 5.74) is 1.62. The van der Waals surface area contributed by atoms with Crippen LogP contribution in [0.3, 0.4) is 0 Å². The summed E-state index contributed by atoms with van der Waals surface area (Å²) >= 11 is 1.29. The summed E-state index contributed by atoms with van der Waals surface area (Å²) in [6, 6.07) is 11.9. The molecule has 3 N–H and O–H groups in total. The van der Waals surface area contributed by atoms with E-state index in [4.69, 9.17) is 9.40 Å². The Labute approximate surface area is 268 Å². The average Bonchev–Trinajstić information content (AvgIpc) is 3.69. The number of allylic oxidation sites excluding steroid dienone is 1. The first-order valence-corrected chi connectivity index (χ1v) is 15.8. The zero-order valence-electron chi connectivity index (χ0n) is 27.5. The van der Waals surface area contributed by atoms with E-state index in [0.29, 0.717) is 34.7 Å². The van der Waals surface area contributed by atoms with Gasteiger partial charge in [-0.2, -0.15) is 5.26 Å². The Hall–Kier alpha value is -4.27. The zero-order chi connectivity index (χ0) is 33.2. The van der Waals surface area contributed by atoms with Crippen LogP contribution in [0.25, 0.3) is 21.7 Å². The van der Waals surface area contributed by atoms with Crippen LogP contribution in [-0.2, 0) is 17.9 Å². The Bertz CT molecular complexity index is 1740. The zero-order valence-corrected chi connectivity index (χ0v) is 28.3. The van der Waals surface area contributed by atoms with E-state index < -0.39 is 11.4 Å². The summed E-state index contributed by atoms with van der Waals surface area (Å²) in [5.74, 6) is 0.172. The standard InChI is InChI=1S/C34H43N7O3S/c1-21(33(5,6)7)37-17-22-10-11-25-24(14-22)38-31(39-30(43)28-13-12-27(45-28)26-18-36-20-44-26)41(25)19-34(8,9)40-29(42)23(16-35)15-32(2,3)4/h10-15,18,20-21,37H,17,19H2,1-9H3,(H,40,42)(H,38,39,43)/t21-/m0/s1. The second-order valence-electron chi connectivity index (χ2n) is 14.2. The van der Waals surface area contributed by atoms with E-state index in [1.54, 1.807) is 18.3 Å². The van der Waals surface area contributed by atoms with Crippen molar-refractivity contribution in [2.24, 2.45) is 10.8 Å². The molecule has 10 nitrogen and oxygen atoms in total. The fourth-order valence-electron chi connectivity index (χ4n) is 4.60. The summed E-state index contributed by atoms with van der Waals surface area (Å²) in [5, 5.41) is 19.2. The molecule has 45 heavy (non-hydrogen) atoms. The highest BCUT2D eigenvalue weighted by molar-refractivity contribution is 7.17. The van der Waals surface area contributed by atoms with Crippen LogP contribution in [-0.4, -0.2) is 37.9 Å². The number of carbonyl (C=O) groups is 2. The quantitative estimate of drug-likeness (QED) is 0.128. The minimum Gasteiger partial charge on any atom is -0.443 e. The number of nitrogens with one attached hydrogen (secondary N) is 3. The lowest BCUT2D eigenvalue weighted by molar-refractivity contribution is -0.118. The third kappa shape index (κ3) is 8.68. The third-order valence-corrected chi connectivity index (χ3v) is 8.50. The number of oxazole rings is 1. The number of aromatic nitrogens is 3. The normalized spacial score (nSPS) is 13.5. The van der Waals surface area contributed by atoms with Gasteiger partial charge in [-0.3, -0.25) is 14.9 Å². The highest BCUT2D eigenvalue weighted by Gasteiger charge is 2.27. The Morgan fingerprint density at radius 2 is 1.84 bits per heavy atom. The minimum absolute atomic E-state index is 0.0569. The van der Waals surface area contributed by atoms with Gasteiger partial charge in [-0.1, -0.05) is 53.7 Å². The molecule has 3 heterocycles. The molecular weight excluding hydrogens is 586 g/mol. The van der Waals surface area contributed by atoms with Crippen molar-refractivity contribution in [3.05, 3.63) is 65.0 Å². The smallest absolute Gasteiger partial charge is 0.268 e. The van der Waals surface area contributed by atoms with Gasteiger partial charge in [-0.15, -0.1) is 11.3 Å². The maximum absolute atomic E-state index is 13.4. The number of hydrogen-bond acceptors (Lipinski definition) is 8. The van der Waals surface area contributed by atoms with Crippen molar-refractivity contribution in [3.63, 3.8) is 0 Å².